The molecule has 0 aliphatic carbocycles. The average molecular weight is 392 g/mol. The van der Waals surface area contributed by atoms with E-state index in [0.717, 1.165) is 19.3 Å². The van der Waals surface area contributed by atoms with E-state index in [4.69, 9.17) is 16.7 Å². The van der Waals surface area contributed by atoms with Crippen LogP contribution >= 0.6 is 11.6 Å². The third kappa shape index (κ3) is 4.64. The van der Waals surface area contributed by atoms with Gasteiger partial charge in [0.25, 0.3) is 5.91 Å². The zero-order valence-corrected chi connectivity index (χ0v) is 15.8. The maximum Gasteiger partial charge on any atom is 0.317 e. The van der Waals surface area contributed by atoms with E-state index >= 15 is 0 Å². The zero-order valence-electron chi connectivity index (χ0n) is 15.1. The largest absolute Gasteiger partial charge is 0.480 e. The van der Waals surface area contributed by atoms with Gasteiger partial charge in [0, 0.05) is 19.1 Å². The Morgan fingerprint density at radius 2 is 2.07 bits per heavy atom. The molecule has 3 rings (SSSR count). The number of carboxylic acids is 1. The van der Waals surface area contributed by atoms with Crippen molar-refractivity contribution in [3.05, 3.63) is 41.2 Å². The summed E-state index contributed by atoms with van der Waals surface area (Å²) in [4.78, 5) is 27.3. The molecule has 1 aliphatic heterocycles. The van der Waals surface area contributed by atoms with Crippen molar-refractivity contribution in [2.45, 2.75) is 25.3 Å². The van der Waals surface area contributed by atoms with Crippen LogP contribution in [0.1, 0.15) is 29.8 Å². The highest BCUT2D eigenvalue weighted by atomic mass is 35.5. The summed E-state index contributed by atoms with van der Waals surface area (Å²) in [6, 6.07) is 7.37. The molecule has 2 heterocycles. The number of aliphatic carboxylic acids is 1. The fourth-order valence-corrected chi connectivity index (χ4v) is 3.57. The lowest BCUT2D eigenvalue weighted by atomic mass is 10.1. The first-order valence-electron chi connectivity index (χ1n) is 8.84. The molecule has 1 aliphatic rings. The van der Waals surface area contributed by atoms with E-state index < -0.39 is 5.97 Å². The van der Waals surface area contributed by atoms with Gasteiger partial charge in [-0.1, -0.05) is 28.9 Å². The van der Waals surface area contributed by atoms with E-state index in [0.29, 0.717) is 23.8 Å². The van der Waals surface area contributed by atoms with Gasteiger partial charge in [0.1, 0.15) is 0 Å². The quantitative estimate of drug-likeness (QED) is 0.837. The van der Waals surface area contributed by atoms with Crippen LogP contribution in [0.25, 0.3) is 5.69 Å². The van der Waals surface area contributed by atoms with Crippen LogP contribution < -0.4 is 0 Å². The van der Waals surface area contributed by atoms with Crippen molar-refractivity contribution in [1.82, 2.24) is 24.8 Å². The van der Waals surface area contributed by atoms with Crippen molar-refractivity contribution < 1.29 is 14.7 Å². The number of rotatable bonds is 5. The summed E-state index contributed by atoms with van der Waals surface area (Å²) >= 11 is 6.17. The topological polar surface area (TPSA) is 91.6 Å². The molecular formula is C18H22ClN5O3. The Labute approximate surface area is 162 Å². The summed E-state index contributed by atoms with van der Waals surface area (Å²) in [5.74, 6) is -1.01. The summed E-state index contributed by atoms with van der Waals surface area (Å²) in [6.07, 6.45) is 4.00. The molecule has 1 aromatic heterocycles. The molecular weight excluding hydrogens is 370 g/mol. The highest BCUT2D eigenvalue weighted by Gasteiger charge is 2.26. The van der Waals surface area contributed by atoms with Gasteiger partial charge in [0.2, 0.25) is 0 Å². The van der Waals surface area contributed by atoms with Crippen LogP contribution in [-0.2, 0) is 4.79 Å². The van der Waals surface area contributed by atoms with Gasteiger partial charge in [-0.3, -0.25) is 14.5 Å². The SMILES string of the molecule is CN(CC(=O)O)C1CCCN(C(=O)c2cn(-c3ccccc3Cl)nn2)CC1. The van der Waals surface area contributed by atoms with E-state index in [2.05, 4.69) is 10.3 Å². The molecule has 0 radical (unpaired) electrons. The van der Waals surface area contributed by atoms with E-state index in [-0.39, 0.29) is 24.2 Å². The Balaban J connectivity index is 1.66. The number of hydrogen-bond acceptors (Lipinski definition) is 5. The molecule has 1 atom stereocenters. The van der Waals surface area contributed by atoms with Crippen LogP contribution in [0.5, 0.6) is 0 Å². The molecule has 1 saturated heterocycles. The fraction of sp³-hybridized carbons (Fsp3) is 0.444. The molecule has 1 unspecified atom stereocenters. The highest BCUT2D eigenvalue weighted by molar-refractivity contribution is 6.32. The predicted octanol–water partition coefficient (Wildman–Crippen LogP) is 1.93. The molecule has 0 bridgehead atoms. The minimum absolute atomic E-state index is 0.00474. The van der Waals surface area contributed by atoms with E-state index in [1.54, 1.807) is 23.2 Å². The van der Waals surface area contributed by atoms with Gasteiger partial charge in [-0.25, -0.2) is 4.68 Å². The van der Waals surface area contributed by atoms with Crippen LogP contribution in [0.4, 0.5) is 0 Å². The molecule has 1 fully saturated rings. The van der Waals surface area contributed by atoms with Gasteiger partial charge in [0.15, 0.2) is 5.69 Å². The molecule has 27 heavy (non-hydrogen) atoms. The third-order valence-electron chi connectivity index (χ3n) is 4.80. The van der Waals surface area contributed by atoms with Crippen molar-refractivity contribution in [3.8, 4) is 5.69 Å². The molecule has 0 saturated carbocycles. The maximum absolute atomic E-state index is 12.8. The summed E-state index contributed by atoms with van der Waals surface area (Å²) in [5, 5.41) is 17.5. The lowest BCUT2D eigenvalue weighted by Gasteiger charge is -2.25. The first-order valence-corrected chi connectivity index (χ1v) is 9.22. The number of hydrogen-bond donors (Lipinski definition) is 1. The zero-order chi connectivity index (χ0) is 19.4. The van der Waals surface area contributed by atoms with Crippen LogP contribution in [0.2, 0.25) is 5.02 Å². The molecule has 1 N–H and O–H groups in total. The van der Waals surface area contributed by atoms with Gasteiger partial charge in [0.05, 0.1) is 23.5 Å². The molecule has 2 aromatic rings. The molecule has 1 aromatic carbocycles. The summed E-state index contributed by atoms with van der Waals surface area (Å²) in [6.45, 7) is 1.19. The smallest absolute Gasteiger partial charge is 0.317 e. The van der Waals surface area contributed by atoms with Gasteiger partial charge >= 0.3 is 5.97 Å². The Bertz CT molecular complexity index is 825. The molecule has 144 valence electrons. The van der Waals surface area contributed by atoms with Crippen LogP contribution in [-0.4, -0.2) is 74.5 Å². The third-order valence-corrected chi connectivity index (χ3v) is 5.12. The number of likely N-dealkylation sites (tertiary alicyclic amines) is 1. The van der Waals surface area contributed by atoms with Gasteiger partial charge < -0.3 is 10.0 Å². The second kappa shape index (κ2) is 8.49. The predicted molar refractivity (Wildman–Crippen MR) is 100 cm³/mol. The first-order chi connectivity index (χ1) is 13.0. The number of aromatic nitrogens is 3. The maximum atomic E-state index is 12.8. The van der Waals surface area contributed by atoms with Crippen LogP contribution in [0, 0.1) is 0 Å². The van der Waals surface area contributed by atoms with E-state index in [9.17, 15) is 9.59 Å². The number of carbonyl (C=O) groups is 2. The van der Waals surface area contributed by atoms with Crippen LogP contribution in [0.15, 0.2) is 30.5 Å². The van der Waals surface area contributed by atoms with Gasteiger partial charge in [-0.2, -0.15) is 0 Å². The summed E-state index contributed by atoms with van der Waals surface area (Å²) in [5.41, 5.74) is 0.934. The second-order valence-electron chi connectivity index (χ2n) is 6.69. The Kier molecular flexibility index (Phi) is 6.08. The average Bonchev–Trinajstić information content (AvgIpc) is 2.98. The fourth-order valence-electron chi connectivity index (χ4n) is 3.34. The standard InChI is InChI=1S/C18H22ClN5O3/c1-22(12-17(25)26)13-5-4-9-23(10-8-13)18(27)15-11-24(21-20-15)16-7-3-2-6-14(16)19/h2-3,6-7,11,13H,4-5,8-10,12H2,1H3,(H,25,26). The lowest BCUT2D eigenvalue weighted by Crippen LogP contribution is -2.37. The molecule has 9 heteroatoms. The summed E-state index contributed by atoms with van der Waals surface area (Å²) in [7, 11) is 1.81. The number of carboxylic acid groups (broad SMARTS) is 1. The van der Waals surface area contributed by atoms with Crippen LogP contribution in [0.3, 0.4) is 0 Å². The van der Waals surface area contributed by atoms with Gasteiger partial charge in [-0.05, 0) is 38.4 Å². The van der Waals surface area contributed by atoms with Crippen molar-refractivity contribution in [3.63, 3.8) is 0 Å². The van der Waals surface area contributed by atoms with Gasteiger partial charge in [-0.15, -0.1) is 5.10 Å². The first kappa shape index (κ1) is 19.3. The number of likely N-dealkylation sites (N-methyl/N-ethyl adjacent to an activating group) is 1. The Morgan fingerprint density at radius 1 is 1.30 bits per heavy atom. The number of amides is 1. The number of benzene rings is 1. The minimum atomic E-state index is -0.842. The molecule has 8 nitrogen and oxygen atoms in total. The molecule has 1 amide bonds. The van der Waals surface area contributed by atoms with Crippen molar-refractivity contribution in [1.29, 1.82) is 0 Å². The van der Waals surface area contributed by atoms with E-state index in [1.165, 1.54) is 4.68 Å². The number of halogens is 1. The van der Waals surface area contributed by atoms with Crippen molar-refractivity contribution in [2.75, 3.05) is 26.7 Å². The highest BCUT2D eigenvalue weighted by Crippen LogP contribution is 2.20. The Hall–Kier alpha value is -2.45. The lowest BCUT2D eigenvalue weighted by molar-refractivity contribution is -0.138. The second-order valence-corrected chi connectivity index (χ2v) is 7.09. The summed E-state index contributed by atoms with van der Waals surface area (Å²) < 4.78 is 1.50. The number of carbonyl (C=O) groups excluding carboxylic acids is 1. The number of para-hydroxylation sites is 1. The minimum Gasteiger partial charge on any atom is -0.480 e. The van der Waals surface area contributed by atoms with Crippen molar-refractivity contribution in [2.24, 2.45) is 0 Å². The van der Waals surface area contributed by atoms with E-state index in [1.807, 2.05) is 24.1 Å². The Morgan fingerprint density at radius 3 is 2.81 bits per heavy atom. The normalized spacial score (nSPS) is 17.7. The molecule has 0 spiro atoms. The monoisotopic (exact) mass is 391 g/mol. The number of nitrogens with zero attached hydrogens (tertiary/aromatic N) is 5. The van der Waals surface area contributed by atoms with Crippen molar-refractivity contribution >= 4 is 23.5 Å².